The molecule has 3 nitrogen and oxygen atoms in total. The summed E-state index contributed by atoms with van der Waals surface area (Å²) in [5.41, 5.74) is 4.34. The lowest BCUT2D eigenvalue weighted by Gasteiger charge is -2.17. The topological polar surface area (TPSA) is 38.0 Å². The van der Waals surface area contributed by atoms with Crippen molar-refractivity contribution in [1.82, 2.24) is 9.55 Å². The molecule has 4 rings (SSSR count). The van der Waals surface area contributed by atoms with Crippen LogP contribution in [0.1, 0.15) is 25.0 Å². The Labute approximate surface area is 168 Å². The molecular formula is C23H20ClFN2O. The van der Waals surface area contributed by atoms with E-state index in [1.807, 2.05) is 54.0 Å². The molecule has 0 aliphatic heterocycles. The molecule has 0 atom stereocenters. The third-order valence-electron chi connectivity index (χ3n) is 4.95. The Bertz CT molecular complexity index is 1190. The molecule has 0 fully saturated rings. The fourth-order valence-electron chi connectivity index (χ4n) is 3.33. The van der Waals surface area contributed by atoms with E-state index in [1.54, 1.807) is 26.2 Å². The molecule has 0 spiro atoms. The maximum absolute atomic E-state index is 14.5. The number of aromatic nitrogens is 2. The van der Waals surface area contributed by atoms with Crippen molar-refractivity contribution >= 4 is 22.6 Å². The number of halogens is 2. The summed E-state index contributed by atoms with van der Waals surface area (Å²) in [4.78, 5) is 4.47. The minimum absolute atomic E-state index is 0.349. The van der Waals surface area contributed by atoms with Crippen molar-refractivity contribution in [2.75, 3.05) is 0 Å². The van der Waals surface area contributed by atoms with E-state index in [0.29, 0.717) is 16.1 Å². The van der Waals surface area contributed by atoms with Crippen molar-refractivity contribution in [3.05, 3.63) is 82.9 Å². The van der Waals surface area contributed by atoms with Crippen molar-refractivity contribution in [3.8, 4) is 16.8 Å². The molecule has 28 heavy (non-hydrogen) atoms. The second kappa shape index (κ2) is 6.73. The summed E-state index contributed by atoms with van der Waals surface area (Å²) < 4.78 is 16.4. The summed E-state index contributed by atoms with van der Waals surface area (Å²) in [5, 5.41) is 10.6. The lowest BCUT2D eigenvalue weighted by Crippen LogP contribution is -2.15. The Morgan fingerprint density at radius 2 is 1.86 bits per heavy atom. The van der Waals surface area contributed by atoms with Crippen LogP contribution in [-0.2, 0) is 5.60 Å². The van der Waals surface area contributed by atoms with Crippen LogP contribution in [-0.4, -0.2) is 14.7 Å². The van der Waals surface area contributed by atoms with Gasteiger partial charge in [-0.25, -0.2) is 9.37 Å². The highest BCUT2D eigenvalue weighted by Crippen LogP contribution is 2.34. The number of aliphatic hydroxyl groups is 1. The highest BCUT2D eigenvalue weighted by Gasteiger charge is 2.18. The van der Waals surface area contributed by atoms with E-state index >= 15 is 0 Å². The van der Waals surface area contributed by atoms with Crippen LogP contribution in [0, 0.1) is 12.7 Å². The van der Waals surface area contributed by atoms with Gasteiger partial charge in [0, 0.05) is 11.3 Å². The maximum atomic E-state index is 14.5. The van der Waals surface area contributed by atoms with Crippen molar-refractivity contribution in [2.24, 2.45) is 0 Å². The van der Waals surface area contributed by atoms with Gasteiger partial charge in [0.25, 0.3) is 0 Å². The van der Waals surface area contributed by atoms with E-state index in [1.165, 1.54) is 6.07 Å². The van der Waals surface area contributed by atoms with Gasteiger partial charge in [0.05, 0.1) is 21.7 Å². The number of hydrogen-bond donors (Lipinski definition) is 1. The smallest absolute Gasteiger partial charge is 0.132 e. The number of nitrogens with zero attached hydrogens (tertiary/aromatic N) is 2. The minimum Gasteiger partial charge on any atom is -0.386 e. The summed E-state index contributed by atoms with van der Waals surface area (Å²) in [6, 6.07) is 16.4. The lowest BCUT2D eigenvalue weighted by molar-refractivity contribution is 0.0787. The molecule has 5 heteroatoms. The summed E-state index contributed by atoms with van der Waals surface area (Å²) in [5.74, 6) is -0.349. The van der Waals surface area contributed by atoms with Crippen LogP contribution in [0.4, 0.5) is 4.39 Å². The largest absolute Gasteiger partial charge is 0.386 e. The van der Waals surface area contributed by atoms with Gasteiger partial charge in [0.1, 0.15) is 12.1 Å². The molecule has 1 heterocycles. The molecule has 0 saturated carbocycles. The summed E-state index contributed by atoms with van der Waals surface area (Å²) in [7, 11) is 0. The quantitative estimate of drug-likeness (QED) is 0.461. The zero-order valence-corrected chi connectivity index (χ0v) is 16.6. The van der Waals surface area contributed by atoms with Gasteiger partial charge < -0.3 is 5.11 Å². The standard InChI is InChI=1S/C23H20ClFN2O/c1-14-7-9-18(25)21(22(14)24)15-5-4-6-17(11-15)27-13-26-19-12-16(23(2,3)28)8-10-20(19)27/h4-13,28H,1-3H3. The first-order valence-corrected chi connectivity index (χ1v) is 9.39. The average Bonchev–Trinajstić information content (AvgIpc) is 3.08. The van der Waals surface area contributed by atoms with Crippen LogP contribution in [0.25, 0.3) is 27.8 Å². The van der Waals surface area contributed by atoms with Crippen LogP contribution in [0.2, 0.25) is 5.02 Å². The Kier molecular flexibility index (Phi) is 4.48. The zero-order valence-electron chi connectivity index (χ0n) is 15.9. The van der Waals surface area contributed by atoms with Gasteiger partial charge >= 0.3 is 0 Å². The third-order valence-corrected chi connectivity index (χ3v) is 5.44. The van der Waals surface area contributed by atoms with Crippen molar-refractivity contribution < 1.29 is 9.50 Å². The second-order valence-electron chi connectivity index (χ2n) is 7.48. The fourth-order valence-corrected chi connectivity index (χ4v) is 3.59. The molecule has 0 aliphatic carbocycles. The van der Waals surface area contributed by atoms with Crippen LogP contribution >= 0.6 is 11.6 Å². The Morgan fingerprint density at radius 3 is 2.61 bits per heavy atom. The molecule has 4 aromatic rings. The molecule has 1 aromatic heterocycles. The van der Waals surface area contributed by atoms with Crippen LogP contribution < -0.4 is 0 Å². The van der Waals surface area contributed by atoms with Gasteiger partial charge in [0.2, 0.25) is 0 Å². The SMILES string of the molecule is Cc1ccc(F)c(-c2cccc(-n3cnc4cc(C(C)(C)O)ccc43)c2)c1Cl. The highest BCUT2D eigenvalue weighted by atomic mass is 35.5. The zero-order chi connectivity index (χ0) is 20.1. The van der Waals surface area contributed by atoms with E-state index in [4.69, 9.17) is 11.6 Å². The monoisotopic (exact) mass is 394 g/mol. The maximum Gasteiger partial charge on any atom is 0.132 e. The van der Waals surface area contributed by atoms with Gasteiger partial charge in [-0.1, -0.05) is 35.9 Å². The van der Waals surface area contributed by atoms with E-state index in [0.717, 1.165) is 27.8 Å². The molecule has 3 aromatic carbocycles. The van der Waals surface area contributed by atoms with Crippen molar-refractivity contribution in [2.45, 2.75) is 26.4 Å². The summed E-state index contributed by atoms with van der Waals surface area (Å²) in [6.07, 6.45) is 1.73. The molecule has 0 aliphatic rings. The highest BCUT2D eigenvalue weighted by molar-refractivity contribution is 6.34. The Morgan fingerprint density at radius 1 is 1.07 bits per heavy atom. The summed E-state index contributed by atoms with van der Waals surface area (Å²) >= 11 is 6.38. The predicted octanol–water partition coefficient (Wildman–Crippen LogP) is 6.02. The number of fused-ring (bicyclic) bond motifs is 1. The van der Waals surface area contributed by atoms with E-state index in [2.05, 4.69) is 4.98 Å². The molecular weight excluding hydrogens is 375 g/mol. The van der Waals surface area contributed by atoms with Gasteiger partial charge in [-0.3, -0.25) is 4.57 Å². The van der Waals surface area contributed by atoms with E-state index in [9.17, 15) is 9.50 Å². The average molecular weight is 395 g/mol. The van der Waals surface area contributed by atoms with Crippen molar-refractivity contribution in [3.63, 3.8) is 0 Å². The number of hydrogen-bond acceptors (Lipinski definition) is 2. The van der Waals surface area contributed by atoms with Gasteiger partial charge in [0.15, 0.2) is 0 Å². The fraction of sp³-hybridized carbons (Fsp3) is 0.174. The molecule has 142 valence electrons. The van der Waals surface area contributed by atoms with Crippen LogP contribution in [0.15, 0.2) is 60.9 Å². The Hall–Kier alpha value is -2.69. The number of benzene rings is 3. The first-order valence-electron chi connectivity index (χ1n) is 9.01. The summed E-state index contributed by atoms with van der Waals surface area (Å²) in [6.45, 7) is 5.35. The normalized spacial score (nSPS) is 11.9. The van der Waals surface area contributed by atoms with Gasteiger partial charge in [-0.15, -0.1) is 0 Å². The van der Waals surface area contributed by atoms with Crippen LogP contribution in [0.5, 0.6) is 0 Å². The molecule has 0 saturated heterocycles. The lowest BCUT2D eigenvalue weighted by atomic mass is 9.98. The minimum atomic E-state index is -0.933. The second-order valence-corrected chi connectivity index (χ2v) is 7.86. The van der Waals surface area contributed by atoms with Crippen LogP contribution in [0.3, 0.4) is 0 Å². The number of imidazole rings is 1. The van der Waals surface area contributed by atoms with E-state index in [-0.39, 0.29) is 5.82 Å². The first-order chi connectivity index (χ1) is 13.3. The number of rotatable bonds is 3. The van der Waals surface area contributed by atoms with Crippen molar-refractivity contribution in [1.29, 1.82) is 0 Å². The van der Waals surface area contributed by atoms with E-state index < -0.39 is 5.60 Å². The molecule has 0 bridgehead atoms. The molecule has 0 unspecified atom stereocenters. The van der Waals surface area contributed by atoms with Gasteiger partial charge in [-0.05, 0) is 67.8 Å². The predicted molar refractivity (Wildman–Crippen MR) is 111 cm³/mol. The third kappa shape index (κ3) is 3.19. The molecule has 0 amide bonds. The van der Waals surface area contributed by atoms with Gasteiger partial charge in [-0.2, -0.15) is 0 Å². The molecule has 0 radical (unpaired) electrons. The first kappa shape index (κ1) is 18.7. The molecule has 1 N–H and O–H groups in total. The Balaban J connectivity index is 1.84. The number of aryl methyl sites for hydroxylation is 1.